The first-order valence-corrected chi connectivity index (χ1v) is 11.6. The molecule has 0 amide bonds. The Kier molecular flexibility index (Phi) is 7.21. The second-order valence-electron chi connectivity index (χ2n) is 9.43. The lowest BCUT2D eigenvalue weighted by molar-refractivity contribution is -0.274. The number of ether oxygens (including phenoxy) is 1. The van der Waals surface area contributed by atoms with Crippen LogP contribution in [0.5, 0.6) is 5.75 Å². The summed E-state index contributed by atoms with van der Waals surface area (Å²) in [5.74, 6) is 4.75. The van der Waals surface area contributed by atoms with Gasteiger partial charge in [-0.25, -0.2) is 10.7 Å². The van der Waals surface area contributed by atoms with Crippen molar-refractivity contribution >= 4 is 11.5 Å². The summed E-state index contributed by atoms with van der Waals surface area (Å²) in [4.78, 5) is 18.8. The monoisotopic (exact) mass is 490 g/mol. The Labute approximate surface area is 202 Å². The number of rotatable bonds is 9. The van der Waals surface area contributed by atoms with Crippen molar-refractivity contribution in [1.29, 1.82) is 0 Å². The summed E-state index contributed by atoms with van der Waals surface area (Å²) in [5.41, 5.74) is 2.86. The molecule has 1 saturated heterocycles. The van der Waals surface area contributed by atoms with Crippen LogP contribution in [0.3, 0.4) is 0 Å². The second-order valence-corrected chi connectivity index (χ2v) is 9.43. The van der Waals surface area contributed by atoms with Crippen molar-refractivity contribution in [2.24, 2.45) is 5.90 Å². The largest absolute Gasteiger partial charge is 0.573 e. The number of alkyl halides is 3. The number of piperidine rings is 1. The van der Waals surface area contributed by atoms with Gasteiger partial charge >= 0.3 is 12.3 Å². The van der Waals surface area contributed by atoms with E-state index in [4.69, 9.17) is 15.8 Å². The molecule has 6 nitrogen and oxygen atoms in total. The van der Waals surface area contributed by atoms with Gasteiger partial charge in [-0.3, -0.25) is 9.74 Å². The number of hydrogen-bond donors (Lipinski definition) is 2. The predicted molar refractivity (Wildman–Crippen MR) is 125 cm³/mol. The summed E-state index contributed by atoms with van der Waals surface area (Å²) >= 11 is 0. The number of halogens is 3. The number of benzene rings is 2. The summed E-state index contributed by atoms with van der Waals surface area (Å²) in [6.07, 6.45) is -1.10. The number of hydrogen-bond acceptors (Lipinski definition) is 5. The molecule has 0 atom stereocenters. The Hall–Kier alpha value is -2.88. The average Bonchev–Trinajstić information content (AvgIpc) is 3.66. The van der Waals surface area contributed by atoms with Crippen molar-refractivity contribution in [3.63, 3.8) is 0 Å². The van der Waals surface area contributed by atoms with E-state index in [1.807, 2.05) is 6.07 Å². The molecular weight excluding hydrogens is 461 g/mol. The third-order valence-corrected chi connectivity index (χ3v) is 6.82. The van der Waals surface area contributed by atoms with Gasteiger partial charge in [0, 0.05) is 26.1 Å². The van der Waals surface area contributed by atoms with Crippen LogP contribution in [0.25, 0.3) is 5.57 Å². The van der Waals surface area contributed by atoms with E-state index in [1.54, 1.807) is 30.3 Å². The molecule has 1 aliphatic carbocycles. The smallest absolute Gasteiger partial charge is 0.478 e. The molecule has 2 aromatic rings. The van der Waals surface area contributed by atoms with Crippen molar-refractivity contribution in [3.8, 4) is 5.75 Å². The number of nitrogens with two attached hydrogens (primary N) is 1. The summed E-state index contributed by atoms with van der Waals surface area (Å²) in [7, 11) is 0. The molecule has 0 unspecified atom stereocenters. The summed E-state index contributed by atoms with van der Waals surface area (Å²) in [5, 5.41) is 9.07. The minimum atomic E-state index is -4.70. The highest BCUT2D eigenvalue weighted by Crippen LogP contribution is 2.46. The highest BCUT2D eigenvalue weighted by molar-refractivity contribution is 5.88. The van der Waals surface area contributed by atoms with Crippen LogP contribution in [0.15, 0.2) is 49.0 Å². The number of aromatic carboxylic acids is 1. The first-order valence-electron chi connectivity index (χ1n) is 11.6. The van der Waals surface area contributed by atoms with Crippen molar-refractivity contribution < 1.29 is 32.6 Å². The summed E-state index contributed by atoms with van der Waals surface area (Å²) in [6.45, 7) is 6.19. The Bertz CT molecular complexity index is 1070. The molecule has 0 aromatic heterocycles. The van der Waals surface area contributed by atoms with Gasteiger partial charge in [0.1, 0.15) is 5.75 Å². The van der Waals surface area contributed by atoms with Gasteiger partial charge in [-0.05, 0) is 72.1 Å². The van der Waals surface area contributed by atoms with Crippen molar-refractivity contribution in [3.05, 3.63) is 71.3 Å². The zero-order valence-electron chi connectivity index (χ0n) is 19.3. The molecule has 188 valence electrons. The number of likely N-dealkylation sites (tertiary alicyclic amines) is 1. The topological polar surface area (TPSA) is 85.0 Å². The standard InChI is InChI=1S/C26H29F3N2O4/c1-17(19-3-7-21(8-4-19)24(32)33)15-25(35-30)10-12-31(13-11-25)16-18-2-9-23(34-26(27,28)29)22(14-18)20-5-6-20/h2-4,7-9,14,20H,1,5-6,10-13,15-16,30H2,(H,32,33). The molecule has 0 spiro atoms. The second kappa shape index (κ2) is 10.0. The molecule has 2 fully saturated rings. The van der Waals surface area contributed by atoms with Gasteiger partial charge in [-0.15, -0.1) is 13.2 Å². The third kappa shape index (κ3) is 6.42. The maximum absolute atomic E-state index is 12.8. The van der Waals surface area contributed by atoms with Crippen LogP contribution in [-0.4, -0.2) is 41.0 Å². The van der Waals surface area contributed by atoms with Crippen molar-refractivity contribution in [2.75, 3.05) is 13.1 Å². The maximum atomic E-state index is 12.8. The highest BCUT2D eigenvalue weighted by atomic mass is 19.4. The molecule has 4 rings (SSSR count). The average molecular weight is 491 g/mol. The fourth-order valence-electron chi connectivity index (χ4n) is 4.68. The van der Waals surface area contributed by atoms with Gasteiger partial charge in [0.2, 0.25) is 0 Å². The Morgan fingerprint density at radius 3 is 2.29 bits per heavy atom. The van der Waals surface area contributed by atoms with Crippen LogP contribution in [0.2, 0.25) is 0 Å². The molecular formula is C26H29F3N2O4. The van der Waals surface area contributed by atoms with Gasteiger partial charge in [-0.2, -0.15) is 0 Å². The molecule has 1 heterocycles. The number of nitrogens with zero attached hydrogens (tertiary/aromatic N) is 1. The van der Waals surface area contributed by atoms with E-state index < -0.39 is 17.9 Å². The van der Waals surface area contributed by atoms with Gasteiger partial charge in [0.05, 0.1) is 11.2 Å². The molecule has 2 aliphatic rings. The molecule has 35 heavy (non-hydrogen) atoms. The van der Waals surface area contributed by atoms with Crippen LogP contribution in [0, 0.1) is 0 Å². The molecule has 3 N–H and O–H groups in total. The van der Waals surface area contributed by atoms with Gasteiger partial charge in [-0.1, -0.05) is 30.8 Å². The van der Waals surface area contributed by atoms with Gasteiger partial charge < -0.3 is 9.84 Å². The van der Waals surface area contributed by atoms with Crippen LogP contribution < -0.4 is 10.6 Å². The highest BCUT2D eigenvalue weighted by Gasteiger charge is 2.37. The molecule has 0 radical (unpaired) electrons. The maximum Gasteiger partial charge on any atom is 0.573 e. The molecule has 2 aromatic carbocycles. The SMILES string of the molecule is C=C(CC1(ON)CCN(Cc2ccc(OC(F)(F)F)c(C3CC3)c2)CC1)c1ccc(C(=O)O)cc1. The van der Waals surface area contributed by atoms with Crippen LogP contribution >= 0.6 is 0 Å². The normalized spacial score (nSPS) is 18.3. The van der Waals surface area contributed by atoms with E-state index >= 15 is 0 Å². The van der Waals surface area contributed by atoms with E-state index in [0.717, 1.165) is 29.5 Å². The summed E-state index contributed by atoms with van der Waals surface area (Å²) < 4.78 is 42.5. The van der Waals surface area contributed by atoms with Gasteiger partial charge in [0.15, 0.2) is 0 Å². The zero-order chi connectivity index (χ0) is 25.2. The lowest BCUT2D eigenvalue weighted by atomic mass is 9.83. The predicted octanol–water partition coefficient (Wildman–Crippen LogP) is 5.49. The number of carbonyl (C=O) groups is 1. The number of carboxylic acid groups (broad SMARTS) is 1. The third-order valence-electron chi connectivity index (χ3n) is 6.82. The number of carboxylic acids is 1. The van der Waals surface area contributed by atoms with Crippen molar-refractivity contribution in [1.82, 2.24) is 4.90 Å². The van der Waals surface area contributed by atoms with Crippen molar-refractivity contribution in [2.45, 2.75) is 56.5 Å². The zero-order valence-corrected chi connectivity index (χ0v) is 19.3. The van der Waals surface area contributed by atoms with E-state index in [0.29, 0.717) is 44.5 Å². The Morgan fingerprint density at radius 2 is 1.74 bits per heavy atom. The quantitative estimate of drug-likeness (QED) is 0.452. The lowest BCUT2D eigenvalue weighted by Gasteiger charge is -2.40. The Morgan fingerprint density at radius 1 is 1.11 bits per heavy atom. The van der Waals surface area contributed by atoms with Crippen LogP contribution in [0.1, 0.15) is 65.1 Å². The van der Waals surface area contributed by atoms with Crippen LogP contribution in [0.4, 0.5) is 13.2 Å². The van der Waals surface area contributed by atoms with E-state index in [2.05, 4.69) is 16.2 Å². The minimum Gasteiger partial charge on any atom is -0.478 e. The molecule has 9 heteroatoms. The van der Waals surface area contributed by atoms with Gasteiger partial charge in [0.25, 0.3) is 0 Å². The molecule has 1 aliphatic heterocycles. The molecule has 0 bridgehead atoms. The minimum absolute atomic E-state index is 0.104. The van der Waals surface area contributed by atoms with E-state index in [-0.39, 0.29) is 17.2 Å². The Balaban J connectivity index is 1.37. The van der Waals surface area contributed by atoms with Crippen LogP contribution in [-0.2, 0) is 11.4 Å². The van der Waals surface area contributed by atoms with E-state index in [9.17, 15) is 18.0 Å². The molecule has 1 saturated carbocycles. The fraction of sp³-hybridized carbons (Fsp3) is 0.423. The summed E-state index contributed by atoms with van der Waals surface area (Å²) in [6, 6.07) is 11.5. The van der Waals surface area contributed by atoms with E-state index in [1.165, 1.54) is 6.07 Å². The first-order chi connectivity index (χ1) is 16.6. The fourth-order valence-corrected chi connectivity index (χ4v) is 4.68. The first kappa shape index (κ1) is 25.2. The lowest BCUT2D eigenvalue weighted by Crippen LogP contribution is -2.47.